The molecule has 13 heavy (non-hydrogen) atoms. The van der Waals surface area contributed by atoms with Crippen LogP contribution in [0.2, 0.25) is 0 Å². The van der Waals surface area contributed by atoms with Gasteiger partial charge in [-0.3, -0.25) is 4.79 Å². The molecular formula is C11H20O2. The molecule has 1 aliphatic rings. The van der Waals surface area contributed by atoms with Crippen LogP contribution in [0.25, 0.3) is 0 Å². The van der Waals surface area contributed by atoms with E-state index < -0.39 is 0 Å². The minimum absolute atomic E-state index is 0.328. The molecular weight excluding hydrogens is 164 g/mol. The number of ether oxygens (including phenoxy) is 1. The highest BCUT2D eigenvalue weighted by Crippen LogP contribution is 2.35. The van der Waals surface area contributed by atoms with Crippen molar-refractivity contribution in [3.8, 4) is 0 Å². The third-order valence-electron chi connectivity index (χ3n) is 2.82. The summed E-state index contributed by atoms with van der Waals surface area (Å²) in [4.78, 5) is 11.8. The lowest BCUT2D eigenvalue weighted by Gasteiger charge is -2.27. The quantitative estimate of drug-likeness (QED) is 0.656. The molecule has 2 nitrogen and oxygen atoms in total. The van der Waals surface area contributed by atoms with Crippen molar-refractivity contribution in [3.63, 3.8) is 0 Å². The third-order valence-corrected chi connectivity index (χ3v) is 2.82. The molecule has 0 aromatic carbocycles. The van der Waals surface area contributed by atoms with Gasteiger partial charge in [-0.05, 0) is 39.0 Å². The van der Waals surface area contributed by atoms with E-state index >= 15 is 0 Å². The van der Waals surface area contributed by atoms with E-state index in [0.717, 1.165) is 32.1 Å². The SMILES string of the molecule is CCCC(=O)C1(OCC)CCCC1. The predicted molar refractivity (Wildman–Crippen MR) is 52.7 cm³/mol. The summed E-state index contributed by atoms with van der Waals surface area (Å²) >= 11 is 0. The maximum Gasteiger partial charge on any atom is 0.164 e. The number of carbonyl (C=O) groups is 1. The number of carbonyl (C=O) groups excluding carboxylic acids is 1. The van der Waals surface area contributed by atoms with E-state index in [1.807, 2.05) is 13.8 Å². The molecule has 1 aliphatic carbocycles. The van der Waals surface area contributed by atoms with E-state index in [0.29, 0.717) is 18.8 Å². The Balaban J connectivity index is 2.60. The zero-order valence-corrected chi connectivity index (χ0v) is 8.77. The van der Waals surface area contributed by atoms with Crippen LogP contribution in [0.5, 0.6) is 0 Å². The Morgan fingerprint density at radius 2 is 1.92 bits per heavy atom. The van der Waals surface area contributed by atoms with Gasteiger partial charge in [-0.25, -0.2) is 0 Å². The van der Waals surface area contributed by atoms with Gasteiger partial charge in [0.1, 0.15) is 5.60 Å². The summed E-state index contributed by atoms with van der Waals surface area (Å²) in [5.74, 6) is 0.328. The van der Waals surface area contributed by atoms with Crippen LogP contribution in [0.1, 0.15) is 52.4 Å². The molecule has 0 aromatic rings. The molecule has 0 N–H and O–H groups in total. The van der Waals surface area contributed by atoms with E-state index in [1.54, 1.807) is 0 Å². The van der Waals surface area contributed by atoms with Gasteiger partial charge in [0.2, 0.25) is 0 Å². The monoisotopic (exact) mass is 184 g/mol. The van der Waals surface area contributed by atoms with Crippen molar-refractivity contribution in [1.29, 1.82) is 0 Å². The van der Waals surface area contributed by atoms with Gasteiger partial charge in [0.25, 0.3) is 0 Å². The van der Waals surface area contributed by atoms with Crippen LogP contribution < -0.4 is 0 Å². The number of rotatable bonds is 5. The van der Waals surface area contributed by atoms with E-state index in [-0.39, 0.29) is 5.60 Å². The minimum atomic E-state index is -0.384. The molecule has 0 radical (unpaired) electrons. The third kappa shape index (κ3) is 2.31. The van der Waals surface area contributed by atoms with E-state index in [4.69, 9.17) is 4.74 Å². The van der Waals surface area contributed by atoms with Crippen molar-refractivity contribution in [2.45, 2.75) is 58.0 Å². The molecule has 1 saturated carbocycles. The van der Waals surface area contributed by atoms with Crippen molar-refractivity contribution in [1.82, 2.24) is 0 Å². The first-order valence-corrected chi connectivity index (χ1v) is 5.42. The van der Waals surface area contributed by atoms with Crippen molar-refractivity contribution in [2.24, 2.45) is 0 Å². The van der Waals surface area contributed by atoms with E-state index in [9.17, 15) is 4.79 Å². The Bertz CT molecular complexity index is 169. The second kappa shape index (κ2) is 4.75. The summed E-state index contributed by atoms with van der Waals surface area (Å²) in [5, 5.41) is 0. The first kappa shape index (κ1) is 10.7. The van der Waals surface area contributed by atoms with Crippen LogP contribution >= 0.6 is 0 Å². The molecule has 1 fully saturated rings. The first-order chi connectivity index (χ1) is 6.25. The number of ketones is 1. The van der Waals surface area contributed by atoms with Gasteiger partial charge in [-0.1, -0.05) is 6.92 Å². The Hall–Kier alpha value is -0.370. The Morgan fingerprint density at radius 1 is 1.31 bits per heavy atom. The van der Waals surface area contributed by atoms with Crippen LogP contribution in [-0.2, 0) is 9.53 Å². The lowest BCUT2D eigenvalue weighted by atomic mass is 9.93. The molecule has 0 spiro atoms. The number of Topliss-reactive ketones (excluding diaryl/α,β-unsaturated/α-hetero) is 1. The molecule has 1 rings (SSSR count). The second-order valence-corrected chi connectivity index (χ2v) is 3.81. The largest absolute Gasteiger partial charge is 0.368 e. The zero-order chi connectivity index (χ0) is 9.73. The molecule has 0 unspecified atom stereocenters. The lowest BCUT2D eigenvalue weighted by Crippen LogP contribution is -2.38. The summed E-state index contributed by atoms with van der Waals surface area (Å²) in [6.45, 7) is 4.68. The van der Waals surface area contributed by atoms with E-state index in [2.05, 4.69) is 0 Å². The molecule has 76 valence electrons. The summed E-state index contributed by atoms with van der Waals surface area (Å²) in [5.41, 5.74) is -0.384. The summed E-state index contributed by atoms with van der Waals surface area (Å²) < 4.78 is 5.66. The number of hydrogen-bond acceptors (Lipinski definition) is 2. The van der Waals surface area contributed by atoms with Gasteiger partial charge in [0.15, 0.2) is 5.78 Å². The Kier molecular flexibility index (Phi) is 3.91. The highest BCUT2D eigenvalue weighted by molar-refractivity contribution is 5.87. The van der Waals surface area contributed by atoms with Crippen LogP contribution in [-0.4, -0.2) is 18.0 Å². The molecule has 0 aliphatic heterocycles. The van der Waals surface area contributed by atoms with Crippen LogP contribution in [0, 0.1) is 0 Å². The highest BCUT2D eigenvalue weighted by Gasteiger charge is 2.40. The summed E-state index contributed by atoms with van der Waals surface area (Å²) in [6.07, 6.45) is 5.80. The van der Waals surface area contributed by atoms with Crippen molar-refractivity contribution >= 4 is 5.78 Å². The molecule has 2 heteroatoms. The van der Waals surface area contributed by atoms with Crippen LogP contribution in [0.3, 0.4) is 0 Å². The van der Waals surface area contributed by atoms with Gasteiger partial charge in [-0.15, -0.1) is 0 Å². The summed E-state index contributed by atoms with van der Waals surface area (Å²) in [7, 11) is 0. The average Bonchev–Trinajstić information content (AvgIpc) is 2.55. The van der Waals surface area contributed by atoms with Crippen molar-refractivity contribution < 1.29 is 9.53 Å². The highest BCUT2D eigenvalue weighted by atomic mass is 16.5. The molecule has 0 bridgehead atoms. The fourth-order valence-electron chi connectivity index (χ4n) is 2.18. The van der Waals surface area contributed by atoms with Crippen molar-refractivity contribution in [2.75, 3.05) is 6.61 Å². The van der Waals surface area contributed by atoms with Crippen LogP contribution in [0.4, 0.5) is 0 Å². The molecule has 0 atom stereocenters. The second-order valence-electron chi connectivity index (χ2n) is 3.81. The Morgan fingerprint density at radius 3 is 2.38 bits per heavy atom. The maximum absolute atomic E-state index is 11.8. The van der Waals surface area contributed by atoms with Gasteiger partial charge >= 0.3 is 0 Å². The normalized spacial score (nSPS) is 20.5. The van der Waals surface area contributed by atoms with Gasteiger partial charge < -0.3 is 4.74 Å². The topological polar surface area (TPSA) is 26.3 Å². The standard InChI is InChI=1S/C11H20O2/c1-3-7-10(12)11(13-4-2)8-5-6-9-11/h3-9H2,1-2H3. The lowest BCUT2D eigenvalue weighted by molar-refractivity contribution is -0.143. The smallest absolute Gasteiger partial charge is 0.164 e. The van der Waals surface area contributed by atoms with E-state index in [1.165, 1.54) is 0 Å². The zero-order valence-electron chi connectivity index (χ0n) is 8.77. The van der Waals surface area contributed by atoms with Crippen molar-refractivity contribution in [3.05, 3.63) is 0 Å². The molecule has 0 aromatic heterocycles. The Labute approximate surface area is 80.7 Å². The first-order valence-electron chi connectivity index (χ1n) is 5.42. The fourth-order valence-corrected chi connectivity index (χ4v) is 2.18. The fraction of sp³-hybridized carbons (Fsp3) is 0.909. The van der Waals surface area contributed by atoms with Gasteiger partial charge in [0.05, 0.1) is 0 Å². The van der Waals surface area contributed by atoms with Gasteiger partial charge in [0, 0.05) is 13.0 Å². The summed E-state index contributed by atoms with van der Waals surface area (Å²) in [6, 6.07) is 0. The maximum atomic E-state index is 11.8. The molecule has 0 saturated heterocycles. The average molecular weight is 184 g/mol. The minimum Gasteiger partial charge on any atom is -0.368 e. The number of hydrogen-bond donors (Lipinski definition) is 0. The molecule has 0 heterocycles. The predicted octanol–water partition coefficient (Wildman–Crippen LogP) is 2.70. The van der Waals surface area contributed by atoms with Crippen LogP contribution in [0.15, 0.2) is 0 Å². The van der Waals surface area contributed by atoms with Gasteiger partial charge in [-0.2, -0.15) is 0 Å². The molecule has 0 amide bonds.